The Balaban J connectivity index is 2.02. The molecule has 0 aliphatic rings. The summed E-state index contributed by atoms with van der Waals surface area (Å²) in [6, 6.07) is 5.13. The van der Waals surface area contributed by atoms with Gasteiger partial charge in [-0.15, -0.1) is 11.3 Å². The minimum Gasteiger partial charge on any atom is -0.462 e. The molecule has 0 unspecified atom stereocenters. The number of aromatic amines is 1. The Morgan fingerprint density at radius 3 is 2.81 bits per heavy atom. The van der Waals surface area contributed by atoms with Crippen LogP contribution in [0.4, 0.5) is 0 Å². The minimum absolute atomic E-state index is 0.270. The molecule has 0 saturated heterocycles. The smallest absolute Gasteiger partial charge is 0.348 e. The summed E-state index contributed by atoms with van der Waals surface area (Å²) in [7, 11) is 0. The van der Waals surface area contributed by atoms with Gasteiger partial charge in [0.1, 0.15) is 15.5 Å². The molecule has 2 aromatic heterocycles. The number of ether oxygens (including phenoxy) is 1. The predicted octanol–water partition coefficient (Wildman–Crippen LogP) is 4.95. The average Bonchev–Trinajstić information content (AvgIpc) is 2.91. The first-order chi connectivity index (χ1) is 12.4. The molecule has 8 heteroatoms. The standard InChI is InChI=1S/C18H14Cl2N2O3S/c1-3-25-18(24)15-9(2)14-16(23)21-13(22-17(14)26-15)7-5-10-4-6-11(19)8-12(10)20/h4-8H,3H2,1-2H3,(H,21,22,23)/b7-5+. The van der Waals surface area contributed by atoms with Gasteiger partial charge in [0.05, 0.1) is 12.0 Å². The number of carbonyl (C=O) groups is 1. The Bertz CT molecular complexity index is 1090. The fraction of sp³-hybridized carbons (Fsp3) is 0.167. The summed E-state index contributed by atoms with van der Waals surface area (Å²) in [5.41, 5.74) is 1.02. The number of hydrogen-bond acceptors (Lipinski definition) is 5. The number of nitrogens with zero attached hydrogens (tertiary/aromatic N) is 1. The van der Waals surface area contributed by atoms with Crippen LogP contribution in [0.2, 0.25) is 10.0 Å². The molecule has 0 aliphatic carbocycles. The van der Waals surface area contributed by atoms with Gasteiger partial charge in [0, 0.05) is 10.0 Å². The molecule has 0 amide bonds. The third-order valence-electron chi connectivity index (χ3n) is 3.66. The summed E-state index contributed by atoms with van der Waals surface area (Å²) in [5.74, 6) is -0.0809. The molecule has 134 valence electrons. The van der Waals surface area contributed by atoms with Crippen molar-refractivity contribution in [2.45, 2.75) is 13.8 Å². The number of halogens is 2. The van der Waals surface area contributed by atoms with Crippen molar-refractivity contribution in [1.82, 2.24) is 9.97 Å². The number of aromatic nitrogens is 2. The number of esters is 1. The van der Waals surface area contributed by atoms with E-state index in [4.69, 9.17) is 27.9 Å². The molecule has 2 heterocycles. The maximum Gasteiger partial charge on any atom is 0.348 e. The Hall–Kier alpha value is -2.15. The number of carbonyl (C=O) groups excluding carboxylic acids is 1. The molecule has 1 N–H and O–H groups in total. The van der Waals surface area contributed by atoms with E-state index in [2.05, 4.69) is 9.97 Å². The first-order valence-electron chi connectivity index (χ1n) is 7.74. The fourth-order valence-electron chi connectivity index (χ4n) is 2.44. The van der Waals surface area contributed by atoms with Crippen LogP contribution in [0.5, 0.6) is 0 Å². The van der Waals surface area contributed by atoms with Crippen molar-refractivity contribution in [2.75, 3.05) is 6.61 Å². The molecule has 3 aromatic rings. The number of nitrogens with one attached hydrogen (secondary N) is 1. The molecule has 0 fully saturated rings. The van der Waals surface area contributed by atoms with Crippen molar-refractivity contribution >= 4 is 62.9 Å². The Kier molecular flexibility index (Phi) is 5.46. The summed E-state index contributed by atoms with van der Waals surface area (Å²) in [6.07, 6.45) is 3.38. The largest absolute Gasteiger partial charge is 0.462 e. The van der Waals surface area contributed by atoms with Gasteiger partial charge < -0.3 is 9.72 Å². The van der Waals surface area contributed by atoms with E-state index in [1.165, 1.54) is 0 Å². The van der Waals surface area contributed by atoms with Gasteiger partial charge in [-0.25, -0.2) is 9.78 Å². The highest BCUT2D eigenvalue weighted by Crippen LogP contribution is 2.28. The van der Waals surface area contributed by atoms with E-state index in [1.54, 1.807) is 44.2 Å². The Morgan fingerprint density at radius 2 is 2.12 bits per heavy atom. The van der Waals surface area contributed by atoms with Crippen molar-refractivity contribution < 1.29 is 9.53 Å². The lowest BCUT2D eigenvalue weighted by Gasteiger charge is -1.99. The average molecular weight is 409 g/mol. The van der Waals surface area contributed by atoms with Crippen LogP contribution in [-0.4, -0.2) is 22.5 Å². The second-order valence-electron chi connectivity index (χ2n) is 5.41. The maximum atomic E-state index is 12.4. The lowest BCUT2D eigenvalue weighted by molar-refractivity contribution is 0.0531. The molecule has 1 aromatic carbocycles. The van der Waals surface area contributed by atoms with Gasteiger partial charge in [0.2, 0.25) is 0 Å². The summed E-state index contributed by atoms with van der Waals surface area (Å²) < 4.78 is 5.03. The van der Waals surface area contributed by atoms with E-state index in [0.717, 1.165) is 16.9 Å². The molecule has 26 heavy (non-hydrogen) atoms. The van der Waals surface area contributed by atoms with Gasteiger partial charge in [-0.1, -0.05) is 29.3 Å². The quantitative estimate of drug-likeness (QED) is 0.619. The van der Waals surface area contributed by atoms with Crippen LogP contribution in [0.1, 0.15) is 33.5 Å². The van der Waals surface area contributed by atoms with Crippen molar-refractivity contribution in [3.05, 3.63) is 60.4 Å². The summed E-state index contributed by atoms with van der Waals surface area (Å²) >= 11 is 13.2. The molecule has 3 rings (SSSR count). The number of hydrogen-bond donors (Lipinski definition) is 1. The highest BCUT2D eigenvalue weighted by Gasteiger charge is 2.19. The van der Waals surface area contributed by atoms with Gasteiger partial charge in [-0.05, 0) is 49.3 Å². The van der Waals surface area contributed by atoms with Crippen LogP contribution >= 0.6 is 34.5 Å². The Morgan fingerprint density at radius 1 is 1.35 bits per heavy atom. The van der Waals surface area contributed by atoms with Crippen molar-refractivity contribution in [2.24, 2.45) is 0 Å². The SMILES string of the molecule is CCOC(=O)c1sc2nc(/C=C/c3ccc(Cl)cc3Cl)[nH]c(=O)c2c1C. The maximum absolute atomic E-state index is 12.4. The van der Waals surface area contributed by atoms with Crippen molar-refractivity contribution in [3.63, 3.8) is 0 Å². The van der Waals surface area contributed by atoms with Gasteiger partial charge in [0.15, 0.2) is 0 Å². The molecular formula is C18H14Cl2N2O3S. The Labute approximate surface area is 163 Å². The van der Waals surface area contributed by atoms with Gasteiger partial charge in [-0.3, -0.25) is 4.79 Å². The molecule has 0 radical (unpaired) electrons. The molecule has 0 spiro atoms. The zero-order valence-electron chi connectivity index (χ0n) is 13.9. The number of aryl methyl sites for hydroxylation is 1. The van der Waals surface area contributed by atoms with Gasteiger partial charge >= 0.3 is 5.97 Å². The third kappa shape index (κ3) is 3.67. The topological polar surface area (TPSA) is 72.0 Å². The highest BCUT2D eigenvalue weighted by atomic mass is 35.5. The number of H-pyrrole nitrogens is 1. The van der Waals surface area contributed by atoms with Crippen LogP contribution in [0.3, 0.4) is 0 Å². The summed E-state index contributed by atoms with van der Waals surface area (Å²) in [4.78, 5) is 32.4. The number of fused-ring (bicyclic) bond motifs is 1. The second kappa shape index (κ2) is 7.61. The molecule has 0 atom stereocenters. The van der Waals surface area contributed by atoms with Crippen molar-refractivity contribution in [3.8, 4) is 0 Å². The monoisotopic (exact) mass is 408 g/mol. The van der Waals surface area contributed by atoms with Crippen LogP contribution in [-0.2, 0) is 4.74 Å². The molecule has 0 saturated carbocycles. The van der Waals surface area contributed by atoms with Crippen LogP contribution in [0.25, 0.3) is 22.4 Å². The van der Waals surface area contributed by atoms with E-state index in [-0.39, 0.29) is 12.2 Å². The predicted molar refractivity (Wildman–Crippen MR) is 106 cm³/mol. The number of thiophene rings is 1. The van der Waals surface area contributed by atoms with E-state index in [0.29, 0.717) is 36.5 Å². The highest BCUT2D eigenvalue weighted by molar-refractivity contribution is 7.20. The normalized spacial score (nSPS) is 11.4. The van der Waals surface area contributed by atoms with E-state index < -0.39 is 5.97 Å². The van der Waals surface area contributed by atoms with Crippen LogP contribution < -0.4 is 5.56 Å². The number of benzene rings is 1. The van der Waals surface area contributed by atoms with Crippen molar-refractivity contribution in [1.29, 1.82) is 0 Å². The zero-order valence-corrected chi connectivity index (χ0v) is 16.3. The van der Waals surface area contributed by atoms with E-state index in [1.807, 2.05) is 0 Å². The molecule has 5 nitrogen and oxygen atoms in total. The number of rotatable bonds is 4. The fourth-order valence-corrected chi connectivity index (χ4v) is 3.99. The molecule has 0 aliphatic heterocycles. The lowest BCUT2D eigenvalue weighted by Crippen LogP contribution is -2.10. The molecule has 0 bridgehead atoms. The second-order valence-corrected chi connectivity index (χ2v) is 7.25. The zero-order chi connectivity index (χ0) is 18.8. The first-order valence-corrected chi connectivity index (χ1v) is 9.31. The third-order valence-corrected chi connectivity index (χ3v) is 5.39. The van der Waals surface area contributed by atoms with Gasteiger partial charge in [0.25, 0.3) is 5.56 Å². The lowest BCUT2D eigenvalue weighted by atomic mass is 10.2. The minimum atomic E-state index is -0.447. The van der Waals surface area contributed by atoms with Crippen LogP contribution in [0.15, 0.2) is 23.0 Å². The van der Waals surface area contributed by atoms with E-state index in [9.17, 15) is 9.59 Å². The van der Waals surface area contributed by atoms with Crippen LogP contribution in [0, 0.1) is 6.92 Å². The van der Waals surface area contributed by atoms with E-state index >= 15 is 0 Å². The molecular weight excluding hydrogens is 395 g/mol. The summed E-state index contributed by atoms with van der Waals surface area (Å²) in [5, 5.41) is 1.44. The first kappa shape index (κ1) is 18.6. The van der Waals surface area contributed by atoms with Gasteiger partial charge in [-0.2, -0.15) is 0 Å². The summed E-state index contributed by atoms with van der Waals surface area (Å²) in [6.45, 7) is 3.72.